The maximum atomic E-state index is 12.1. The van der Waals surface area contributed by atoms with Crippen LogP contribution in [0.25, 0.3) is 0 Å². The van der Waals surface area contributed by atoms with Gasteiger partial charge in [0.15, 0.2) is 0 Å². The topological polar surface area (TPSA) is 87.1 Å². The van der Waals surface area contributed by atoms with Crippen LogP contribution in [0.5, 0.6) is 0 Å². The van der Waals surface area contributed by atoms with E-state index in [1.165, 1.54) is 12.0 Å². The fourth-order valence-electron chi connectivity index (χ4n) is 2.55. The number of carboxylic acids is 1. The second-order valence-electron chi connectivity index (χ2n) is 5.21. The van der Waals surface area contributed by atoms with Gasteiger partial charge in [-0.1, -0.05) is 0 Å². The predicted octanol–water partition coefficient (Wildman–Crippen LogP) is 0.343. The Hall–Kier alpha value is -1.14. The molecule has 0 heterocycles. The number of carboxylic acid groups (broad SMARTS) is 1. The molecule has 0 spiro atoms. The molecule has 0 aliphatic heterocycles. The maximum Gasteiger partial charge on any atom is 0.306 e. The zero-order valence-electron chi connectivity index (χ0n) is 11.5. The SMILES string of the molecule is COCC(O)CN(C)C(=O)C1CCC(C(=O)O)CC1. The van der Waals surface area contributed by atoms with Crippen LogP contribution in [0.3, 0.4) is 0 Å². The molecule has 0 aromatic heterocycles. The highest BCUT2D eigenvalue weighted by atomic mass is 16.5. The van der Waals surface area contributed by atoms with Crippen LogP contribution in [0.4, 0.5) is 0 Å². The van der Waals surface area contributed by atoms with Gasteiger partial charge < -0.3 is 19.8 Å². The summed E-state index contributed by atoms with van der Waals surface area (Å²) in [7, 11) is 3.16. The van der Waals surface area contributed by atoms with E-state index in [0.29, 0.717) is 25.7 Å². The Balaban J connectivity index is 2.39. The number of hydrogen-bond acceptors (Lipinski definition) is 4. The first-order valence-electron chi connectivity index (χ1n) is 6.60. The number of rotatable bonds is 6. The highest BCUT2D eigenvalue weighted by Gasteiger charge is 2.31. The molecule has 0 saturated heterocycles. The largest absolute Gasteiger partial charge is 0.481 e. The fourth-order valence-corrected chi connectivity index (χ4v) is 2.55. The summed E-state index contributed by atoms with van der Waals surface area (Å²) in [6.45, 7) is 0.439. The van der Waals surface area contributed by atoms with Crippen molar-refractivity contribution in [3.8, 4) is 0 Å². The van der Waals surface area contributed by atoms with Gasteiger partial charge in [0.05, 0.1) is 18.6 Å². The quantitative estimate of drug-likeness (QED) is 0.729. The number of nitrogens with zero attached hydrogens (tertiary/aromatic N) is 1. The smallest absolute Gasteiger partial charge is 0.306 e. The summed E-state index contributed by atoms with van der Waals surface area (Å²) in [4.78, 5) is 24.5. The van der Waals surface area contributed by atoms with Crippen molar-refractivity contribution in [2.24, 2.45) is 11.8 Å². The third-order valence-corrected chi connectivity index (χ3v) is 3.65. The highest BCUT2D eigenvalue weighted by Crippen LogP contribution is 2.30. The lowest BCUT2D eigenvalue weighted by Gasteiger charge is -2.29. The second-order valence-corrected chi connectivity index (χ2v) is 5.21. The Morgan fingerprint density at radius 1 is 1.26 bits per heavy atom. The van der Waals surface area contributed by atoms with Crippen LogP contribution in [0.2, 0.25) is 0 Å². The number of carbonyl (C=O) groups excluding carboxylic acids is 1. The van der Waals surface area contributed by atoms with Crippen LogP contribution in [0.15, 0.2) is 0 Å². The van der Waals surface area contributed by atoms with Crippen molar-refractivity contribution in [3.63, 3.8) is 0 Å². The van der Waals surface area contributed by atoms with Crippen LogP contribution in [0, 0.1) is 11.8 Å². The van der Waals surface area contributed by atoms with Gasteiger partial charge in [0.25, 0.3) is 0 Å². The Kier molecular flexibility index (Phi) is 6.24. The Bertz CT molecular complexity index is 312. The average molecular weight is 273 g/mol. The van der Waals surface area contributed by atoms with Crippen molar-refractivity contribution in [1.29, 1.82) is 0 Å². The number of ether oxygens (including phenoxy) is 1. The summed E-state index contributed by atoms with van der Waals surface area (Å²) >= 11 is 0. The first kappa shape index (κ1) is 15.9. The zero-order chi connectivity index (χ0) is 14.4. The molecule has 1 amide bonds. The van der Waals surface area contributed by atoms with Crippen molar-refractivity contribution < 1.29 is 24.5 Å². The Morgan fingerprint density at radius 3 is 2.26 bits per heavy atom. The van der Waals surface area contributed by atoms with Gasteiger partial charge in [0, 0.05) is 26.6 Å². The van der Waals surface area contributed by atoms with Crippen molar-refractivity contribution >= 4 is 11.9 Å². The van der Waals surface area contributed by atoms with Gasteiger partial charge in [-0.3, -0.25) is 9.59 Å². The summed E-state index contributed by atoms with van der Waals surface area (Å²) in [5.41, 5.74) is 0. The molecule has 6 nitrogen and oxygen atoms in total. The minimum absolute atomic E-state index is 0.0148. The van der Waals surface area contributed by atoms with Crippen LogP contribution < -0.4 is 0 Å². The molecule has 1 saturated carbocycles. The molecule has 2 N–H and O–H groups in total. The Labute approximate surface area is 113 Å². The number of methoxy groups -OCH3 is 1. The Morgan fingerprint density at radius 2 is 1.79 bits per heavy atom. The van der Waals surface area contributed by atoms with E-state index in [2.05, 4.69) is 0 Å². The molecule has 0 bridgehead atoms. The lowest BCUT2D eigenvalue weighted by atomic mass is 9.81. The lowest BCUT2D eigenvalue weighted by molar-refractivity contribution is -0.145. The van der Waals surface area contributed by atoms with Crippen LogP contribution >= 0.6 is 0 Å². The molecule has 1 fully saturated rings. The van der Waals surface area contributed by atoms with Gasteiger partial charge in [-0.05, 0) is 25.7 Å². The summed E-state index contributed by atoms with van der Waals surface area (Å²) in [6, 6.07) is 0. The van der Waals surface area contributed by atoms with Gasteiger partial charge in [-0.25, -0.2) is 0 Å². The van der Waals surface area contributed by atoms with Gasteiger partial charge in [0.1, 0.15) is 0 Å². The molecule has 1 atom stereocenters. The molecule has 0 aromatic carbocycles. The third kappa shape index (κ3) is 4.80. The number of carbonyl (C=O) groups is 2. The van der Waals surface area contributed by atoms with Gasteiger partial charge in [-0.15, -0.1) is 0 Å². The van der Waals surface area contributed by atoms with Crippen molar-refractivity contribution in [2.75, 3.05) is 27.3 Å². The normalized spacial score (nSPS) is 24.8. The summed E-state index contributed by atoms with van der Waals surface area (Å²) < 4.78 is 4.82. The summed E-state index contributed by atoms with van der Waals surface area (Å²) in [5, 5.41) is 18.5. The van der Waals surface area contributed by atoms with E-state index < -0.39 is 12.1 Å². The van der Waals surface area contributed by atoms with E-state index in [0.717, 1.165) is 0 Å². The molecule has 1 rings (SSSR count). The number of aliphatic hydroxyl groups is 1. The molecule has 1 aliphatic rings. The zero-order valence-corrected chi connectivity index (χ0v) is 11.5. The number of likely N-dealkylation sites (N-methyl/N-ethyl adjacent to an activating group) is 1. The van der Waals surface area contributed by atoms with Crippen LogP contribution in [-0.4, -0.2) is 60.4 Å². The number of hydrogen-bond donors (Lipinski definition) is 2. The van der Waals surface area contributed by atoms with E-state index in [1.54, 1.807) is 7.05 Å². The van der Waals surface area contributed by atoms with E-state index in [9.17, 15) is 14.7 Å². The van der Waals surface area contributed by atoms with Crippen LogP contribution in [0.1, 0.15) is 25.7 Å². The van der Waals surface area contributed by atoms with Gasteiger partial charge in [0.2, 0.25) is 5.91 Å². The lowest BCUT2D eigenvalue weighted by Crippen LogP contribution is -2.40. The van der Waals surface area contributed by atoms with E-state index in [-0.39, 0.29) is 30.9 Å². The van der Waals surface area contributed by atoms with Gasteiger partial charge in [-0.2, -0.15) is 0 Å². The number of aliphatic hydroxyl groups excluding tert-OH is 1. The van der Waals surface area contributed by atoms with Crippen molar-refractivity contribution in [1.82, 2.24) is 4.90 Å². The fraction of sp³-hybridized carbons (Fsp3) is 0.846. The van der Waals surface area contributed by atoms with Gasteiger partial charge >= 0.3 is 5.97 Å². The standard InChI is InChI=1S/C13H23NO5/c1-14(7-11(15)8-19-2)12(16)9-3-5-10(6-4-9)13(17)18/h9-11,15H,3-8H2,1-2H3,(H,17,18). The van der Waals surface area contributed by atoms with E-state index in [4.69, 9.17) is 9.84 Å². The average Bonchev–Trinajstić information content (AvgIpc) is 2.38. The minimum atomic E-state index is -0.769. The van der Waals surface area contributed by atoms with E-state index >= 15 is 0 Å². The summed E-state index contributed by atoms with van der Waals surface area (Å²) in [6.07, 6.45) is 1.65. The molecule has 110 valence electrons. The molecule has 6 heteroatoms. The highest BCUT2D eigenvalue weighted by molar-refractivity contribution is 5.79. The number of amides is 1. The number of aliphatic carboxylic acids is 1. The molecule has 1 aliphatic carbocycles. The molecular weight excluding hydrogens is 250 g/mol. The van der Waals surface area contributed by atoms with Crippen molar-refractivity contribution in [2.45, 2.75) is 31.8 Å². The summed E-state index contributed by atoms with van der Waals surface area (Å²) in [5.74, 6) is -1.21. The predicted molar refractivity (Wildman–Crippen MR) is 68.6 cm³/mol. The minimum Gasteiger partial charge on any atom is -0.481 e. The third-order valence-electron chi connectivity index (χ3n) is 3.65. The first-order valence-corrected chi connectivity index (χ1v) is 6.60. The van der Waals surface area contributed by atoms with Crippen LogP contribution in [-0.2, 0) is 14.3 Å². The van der Waals surface area contributed by atoms with E-state index in [1.807, 2.05) is 0 Å². The molecule has 19 heavy (non-hydrogen) atoms. The maximum absolute atomic E-state index is 12.1. The molecule has 0 aromatic rings. The second kappa shape index (κ2) is 7.45. The monoisotopic (exact) mass is 273 g/mol. The van der Waals surface area contributed by atoms with Crippen molar-refractivity contribution in [3.05, 3.63) is 0 Å². The first-order chi connectivity index (χ1) is 8.95. The molecule has 1 unspecified atom stereocenters. The molecular formula is C13H23NO5. The molecule has 0 radical (unpaired) electrons.